The highest BCUT2D eigenvalue weighted by atomic mass is 16.5. The summed E-state index contributed by atoms with van der Waals surface area (Å²) in [6.45, 7) is 2.27. The van der Waals surface area contributed by atoms with Gasteiger partial charge in [-0.05, 0) is 49.1 Å². The quantitative estimate of drug-likeness (QED) is 0.843. The molecule has 2 aliphatic heterocycles. The number of aromatic nitrogens is 1. The summed E-state index contributed by atoms with van der Waals surface area (Å²) in [5.74, 6) is 0.143. The lowest BCUT2D eigenvalue weighted by atomic mass is 9.82. The molecule has 2 saturated heterocycles. The third kappa shape index (κ3) is 3.84. The van der Waals surface area contributed by atoms with Crippen LogP contribution in [0.1, 0.15) is 33.6 Å². The van der Waals surface area contributed by atoms with E-state index in [-0.39, 0.29) is 29.1 Å². The summed E-state index contributed by atoms with van der Waals surface area (Å²) < 4.78 is 6.09. The molecule has 0 aliphatic carbocycles. The van der Waals surface area contributed by atoms with Gasteiger partial charge in [0, 0.05) is 24.5 Å². The van der Waals surface area contributed by atoms with Crippen LogP contribution in [0.4, 0.5) is 0 Å². The van der Waals surface area contributed by atoms with Gasteiger partial charge in [-0.3, -0.25) is 14.6 Å². The van der Waals surface area contributed by atoms with Gasteiger partial charge in [0.25, 0.3) is 11.8 Å². The van der Waals surface area contributed by atoms with Crippen molar-refractivity contribution in [3.05, 3.63) is 59.9 Å². The van der Waals surface area contributed by atoms with Crippen LogP contribution in [0.15, 0.2) is 48.8 Å². The Morgan fingerprint density at radius 3 is 2.75 bits per heavy atom. The van der Waals surface area contributed by atoms with Crippen LogP contribution in [0.25, 0.3) is 0 Å². The molecule has 146 valence electrons. The molecule has 0 saturated carbocycles. The fraction of sp³-hybridized carbons (Fsp3) is 0.381. The van der Waals surface area contributed by atoms with Gasteiger partial charge in [-0.1, -0.05) is 6.07 Å². The van der Waals surface area contributed by atoms with Crippen LogP contribution in [-0.4, -0.2) is 58.6 Å². The van der Waals surface area contributed by atoms with Gasteiger partial charge < -0.3 is 20.1 Å². The van der Waals surface area contributed by atoms with Gasteiger partial charge >= 0.3 is 0 Å². The summed E-state index contributed by atoms with van der Waals surface area (Å²) in [6, 6.07) is 9.88. The zero-order valence-corrected chi connectivity index (χ0v) is 15.5. The highest BCUT2D eigenvalue weighted by Gasteiger charge is 2.48. The van der Waals surface area contributed by atoms with Crippen LogP contribution in [0.2, 0.25) is 0 Å². The molecule has 7 heteroatoms. The van der Waals surface area contributed by atoms with Crippen molar-refractivity contribution in [3.63, 3.8) is 0 Å². The maximum atomic E-state index is 12.5. The number of hydrogen-bond acceptors (Lipinski definition) is 5. The molecular formula is C21H23N3O4. The average molecular weight is 381 g/mol. The van der Waals surface area contributed by atoms with E-state index in [0.717, 1.165) is 12.8 Å². The molecule has 2 N–H and O–H groups in total. The zero-order chi connectivity index (χ0) is 19.6. The van der Waals surface area contributed by atoms with Crippen molar-refractivity contribution < 1.29 is 19.4 Å². The predicted molar refractivity (Wildman–Crippen MR) is 102 cm³/mol. The van der Waals surface area contributed by atoms with E-state index in [0.29, 0.717) is 37.4 Å². The van der Waals surface area contributed by atoms with Crippen molar-refractivity contribution in [2.45, 2.75) is 18.4 Å². The van der Waals surface area contributed by atoms with Crippen LogP contribution in [0, 0.1) is 5.92 Å². The number of phenols is 1. The number of hydrogen-bond donors (Lipinski definition) is 2. The molecule has 28 heavy (non-hydrogen) atoms. The first kappa shape index (κ1) is 18.4. The maximum Gasteiger partial charge on any atom is 0.254 e. The van der Waals surface area contributed by atoms with Crippen LogP contribution >= 0.6 is 0 Å². The summed E-state index contributed by atoms with van der Waals surface area (Å²) in [5.41, 5.74) is 0.772. The molecule has 0 bridgehead atoms. The summed E-state index contributed by atoms with van der Waals surface area (Å²) in [4.78, 5) is 30.3. The first-order chi connectivity index (χ1) is 13.5. The van der Waals surface area contributed by atoms with Crippen molar-refractivity contribution in [2.75, 3.05) is 26.2 Å². The number of carbonyl (C=O) groups is 2. The Morgan fingerprint density at radius 1 is 1.25 bits per heavy atom. The van der Waals surface area contributed by atoms with Gasteiger partial charge in [-0.25, -0.2) is 0 Å². The summed E-state index contributed by atoms with van der Waals surface area (Å²) >= 11 is 0. The van der Waals surface area contributed by atoms with E-state index < -0.39 is 0 Å². The van der Waals surface area contributed by atoms with Crippen LogP contribution in [-0.2, 0) is 4.74 Å². The molecule has 3 heterocycles. The monoisotopic (exact) mass is 381 g/mol. The molecule has 1 spiro atoms. The molecule has 7 nitrogen and oxygen atoms in total. The Hall–Kier alpha value is -2.93. The number of aromatic hydroxyl groups is 1. The Bertz CT molecular complexity index is 855. The van der Waals surface area contributed by atoms with E-state index in [1.165, 1.54) is 6.07 Å². The number of nitrogens with zero attached hydrogens (tertiary/aromatic N) is 2. The molecule has 2 aliphatic rings. The van der Waals surface area contributed by atoms with Crippen molar-refractivity contribution in [1.82, 2.24) is 15.2 Å². The lowest BCUT2D eigenvalue weighted by Crippen LogP contribution is -2.66. The number of ether oxygens (including phenoxy) is 1. The fourth-order valence-corrected chi connectivity index (χ4v) is 3.78. The van der Waals surface area contributed by atoms with Gasteiger partial charge in [0.15, 0.2) is 0 Å². The molecule has 1 unspecified atom stereocenters. The Morgan fingerprint density at radius 2 is 2.07 bits per heavy atom. The minimum absolute atomic E-state index is 0.0871. The van der Waals surface area contributed by atoms with E-state index in [4.69, 9.17) is 4.74 Å². The standard InChI is InChI=1S/C21H23N3O4/c25-18-5-1-3-16(9-18)20(27)24-13-21(14-24)7-6-15(12-28-21)10-23-19(26)17-4-2-8-22-11-17/h1-5,8-9,11,15,25H,6-7,10,12-14H2,(H,23,26). The van der Waals surface area contributed by atoms with Gasteiger partial charge in [0.2, 0.25) is 0 Å². The largest absolute Gasteiger partial charge is 0.508 e. The van der Waals surface area contributed by atoms with Crippen molar-refractivity contribution in [2.24, 2.45) is 5.92 Å². The maximum absolute atomic E-state index is 12.5. The molecular weight excluding hydrogens is 358 g/mol. The van der Waals surface area contributed by atoms with Crippen molar-refractivity contribution in [1.29, 1.82) is 0 Å². The molecule has 4 rings (SSSR count). The normalized spacial score (nSPS) is 20.4. The number of benzene rings is 1. The smallest absolute Gasteiger partial charge is 0.254 e. The van der Waals surface area contributed by atoms with Crippen LogP contribution in [0.3, 0.4) is 0 Å². The second-order valence-corrected chi connectivity index (χ2v) is 7.56. The highest BCUT2D eigenvalue weighted by molar-refractivity contribution is 5.95. The van der Waals surface area contributed by atoms with Crippen molar-refractivity contribution >= 4 is 11.8 Å². The lowest BCUT2D eigenvalue weighted by Gasteiger charge is -2.52. The zero-order valence-electron chi connectivity index (χ0n) is 15.5. The molecule has 1 atom stereocenters. The number of amides is 2. The molecule has 0 radical (unpaired) electrons. The molecule has 1 aromatic carbocycles. The minimum atomic E-state index is -0.268. The number of likely N-dealkylation sites (tertiary alicyclic amines) is 1. The number of rotatable bonds is 4. The van der Waals surface area contributed by atoms with E-state index in [9.17, 15) is 14.7 Å². The van der Waals surface area contributed by atoms with Gasteiger partial charge in [-0.15, -0.1) is 0 Å². The fourth-order valence-electron chi connectivity index (χ4n) is 3.78. The lowest BCUT2D eigenvalue weighted by molar-refractivity contribution is -0.166. The molecule has 2 aromatic rings. The average Bonchev–Trinajstić information content (AvgIpc) is 2.71. The Balaban J connectivity index is 1.23. The summed E-state index contributed by atoms with van der Waals surface area (Å²) in [7, 11) is 0. The molecule has 2 amide bonds. The van der Waals surface area contributed by atoms with Crippen molar-refractivity contribution in [3.8, 4) is 5.75 Å². The number of nitrogens with one attached hydrogen (secondary N) is 1. The predicted octanol–water partition coefficient (Wildman–Crippen LogP) is 1.84. The first-order valence-corrected chi connectivity index (χ1v) is 9.45. The third-order valence-corrected chi connectivity index (χ3v) is 5.45. The molecule has 1 aromatic heterocycles. The summed E-state index contributed by atoms with van der Waals surface area (Å²) in [5, 5.41) is 12.5. The van der Waals surface area contributed by atoms with Gasteiger partial charge in [0.1, 0.15) is 11.4 Å². The topological polar surface area (TPSA) is 91.8 Å². The highest BCUT2D eigenvalue weighted by Crippen LogP contribution is 2.36. The van der Waals surface area contributed by atoms with Gasteiger partial charge in [0.05, 0.1) is 25.3 Å². The Labute approximate surface area is 163 Å². The van der Waals surface area contributed by atoms with E-state index in [1.54, 1.807) is 47.6 Å². The number of pyridine rings is 1. The van der Waals surface area contributed by atoms with E-state index in [1.807, 2.05) is 0 Å². The second-order valence-electron chi connectivity index (χ2n) is 7.56. The Kier molecular flexibility index (Phi) is 5.00. The number of phenolic OH excluding ortho intramolecular Hbond substituents is 1. The van der Waals surface area contributed by atoms with Crippen LogP contribution in [0.5, 0.6) is 5.75 Å². The van der Waals surface area contributed by atoms with Crippen LogP contribution < -0.4 is 5.32 Å². The van der Waals surface area contributed by atoms with Gasteiger partial charge in [-0.2, -0.15) is 0 Å². The second kappa shape index (κ2) is 7.59. The third-order valence-electron chi connectivity index (χ3n) is 5.45. The minimum Gasteiger partial charge on any atom is -0.508 e. The molecule has 2 fully saturated rings. The SMILES string of the molecule is O=C(NCC1CCC2(CN(C(=O)c3cccc(O)c3)C2)OC1)c1cccnc1. The van der Waals surface area contributed by atoms with E-state index in [2.05, 4.69) is 10.3 Å². The summed E-state index contributed by atoms with van der Waals surface area (Å²) in [6.07, 6.45) is 5.00. The first-order valence-electron chi connectivity index (χ1n) is 9.45. The number of carbonyl (C=O) groups excluding carboxylic acids is 2. The van der Waals surface area contributed by atoms with E-state index >= 15 is 0 Å².